The number of rotatable bonds is 5. The van der Waals surface area contributed by atoms with Crippen molar-refractivity contribution in [2.45, 2.75) is 38.8 Å². The Balaban J connectivity index is 2.02. The number of likely N-dealkylation sites (N-methyl/N-ethyl adjacent to an activating group) is 1. The third kappa shape index (κ3) is 6.20. The van der Waals surface area contributed by atoms with Gasteiger partial charge in [0.15, 0.2) is 5.96 Å². The fourth-order valence-corrected chi connectivity index (χ4v) is 2.89. The molecule has 0 aliphatic carbocycles. The number of carbonyl (C=O) groups excluding carboxylic acids is 1. The highest BCUT2D eigenvalue weighted by atomic mass is 19.1. The third-order valence-electron chi connectivity index (χ3n) is 4.23. The van der Waals surface area contributed by atoms with E-state index in [1.165, 1.54) is 11.0 Å². The Hall–Kier alpha value is -2.31. The maximum atomic E-state index is 13.5. The Morgan fingerprint density at radius 3 is 2.85 bits per heavy atom. The van der Waals surface area contributed by atoms with E-state index in [4.69, 9.17) is 0 Å². The van der Waals surface area contributed by atoms with Crippen molar-refractivity contribution >= 4 is 17.6 Å². The van der Waals surface area contributed by atoms with Gasteiger partial charge in [0.25, 0.3) is 0 Å². The average molecular weight is 363 g/mol. The van der Waals surface area contributed by atoms with Crippen molar-refractivity contribution in [2.24, 2.45) is 4.99 Å². The van der Waals surface area contributed by atoms with Gasteiger partial charge < -0.3 is 20.4 Å². The van der Waals surface area contributed by atoms with E-state index in [0.717, 1.165) is 31.6 Å². The highest BCUT2D eigenvalue weighted by molar-refractivity contribution is 5.85. The summed E-state index contributed by atoms with van der Waals surface area (Å²) in [5, 5.41) is 6.70. The molecule has 2 N–H and O–H groups in total. The number of anilines is 1. The summed E-state index contributed by atoms with van der Waals surface area (Å²) in [6.07, 6.45) is 2.02. The standard InChI is InChI=1S/C19H30FN5O/c1-14(2)22-19(21-12-18(26)24(3)4)23-16-8-6-10-25(13-16)17-9-5-7-15(20)11-17/h5,7,9,11,14,16H,6,8,10,12-13H2,1-4H3,(H2,21,22,23). The molecule has 1 fully saturated rings. The lowest BCUT2D eigenvalue weighted by molar-refractivity contribution is -0.127. The normalized spacial score (nSPS) is 18.0. The van der Waals surface area contributed by atoms with Crippen molar-refractivity contribution in [1.29, 1.82) is 0 Å². The molecule has 0 bridgehead atoms. The van der Waals surface area contributed by atoms with Crippen molar-refractivity contribution in [3.05, 3.63) is 30.1 Å². The van der Waals surface area contributed by atoms with Crippen LogP contribution in [0.1, 0.15) is 26.7 Å². The van der Waals surface area contributed by atoms with Crippen LogP contribution in [0.4, 0.5) is 10.1 Å². The Morgan fingerprint density at radius 1 is 1.42 bits per heavy atom. The van der Waals surface area contributed by atoms with Crippen molar-refractivity contribution in [2.75, 3.05) is 38.6 Å². The summed E-state index contributed by atoms with van der Waals surface area (Å²) >= 11 is 0. The lowest BCUT2D eigenvalue weighted by Crippen LogP contribution is -2.52. The number of nitrogens with zero attached hydrogens (tertiary/aromatic N) is 3. The molecule has 1 atom stereocenters. The number of aliphatic imine (C=N–C) groups is 1. The number of guanidine groups is 1. The molecule has 0 spiro atoms. The minimum atomic E-state index is -0.219. The summed E-state index contributed by atoms with van der Waals surface area (Å²) in [5.74, 6) is 0.379. The molecule has 1 aliphatic heterocycles. The van der Waals surface area contributed by atoms with Crippen LogP contribution in [0, 0.1) is 5.82 Å². The molecule has 2 rings (SSSR count). The zero-order valence-electron chi connectivity index (χ0n) is 16.1. The van der Waals surface area contributed by atoms with Crippen molar-refractivity contribution in [3.63, 3.8) is 0 Å². The van der Waals surface area contributed by atoms with Crippen LogP contribution < -0.4 is 15.5 Å². The predicted octanol–water partition coefficient (Wildman–Crippen LogP) is 1.83. The van der Waals surface area contributed by atoms with Crippen LogP contribution in [0.3, 0.4) is 0 Å². The topological polar surface area (TPSA) is 60.0 Å². The summed E-state index contributed by atoms with van der Waals surface area (Å²) in [4.78, 5) is 19.9. The molecule has 1 heterocycles. The Labute approximate surface area is 155 Å². The summed E-state index contributed by atoms with van der Waals surface area (Å²) in [5.41, 5.74) is 0.898. The number of carbonyl (C=O) groups is 1. The first-order valence-electron chi connectivity index (χ1n) is 9.13. The smallest absolute Gasteiger partial charge is 0.243 e. The molecule has 144 valence electrons. The van der Waals surface area contributed by atoms with Gasteiger partial charge in [-0.3, -0.25) is 4.79 Å². The Bertz CT molecular complexity index is 632. The molecule has 7 heteroatoms. The minimum absolute atomic E-state index is 0.0418. The predicted molar refractivity (Wildman–Crippen MR) is 104 cm³/mol. The second-order valence-electron chi connectivity index (χ2n) is 7.16. The molecule has 26 heavy (non-hydrogen) atoms. The molecular formula is C19H30FN5O. The van der Waals surface area contributed by atoms with Crippen molar-refractivity contribution in [1.82, 2.24) is 15.5 Å². The molecular weight excluding hydrogens is 333 g/mol. The number of hydrogen-bond acceptors (Lipinski definition) is 3. The first-order chi connectivity index (χ1) is 12.3. The highest BCUT2D eigenvalue weighted by Crippen LogP contribution is 2.20. The molecule has 0 saturated carbocycles. The van der Waals surface area contributed by atoms with Crippen molar-refractivity contribution < 1.29 is 9.18 Å². The van der Waals surface area contributed by atoms with Crippen molar-refractivity contribution in [3.8, 4) is 0 Å². The van der Waals surface area contributed by atoms with Gasteiger partial charge >= 0.3 is 0 Å². The monoisotopic (exact) mass is 363 g/mol. The minimum Gasteiger partial charge on any atom is -0.369 e. The first-order valence-corrected chi connectivity index (χ1v) is 9.13. The van der Waals surface area contributed by atoms with E-state index >= 15 is 0 Å². The van der Waals surface area contributed by atoms with Gasteiger partial charge in [-0.1, -0.05) is 6.07 Å². The summed E-state index contributed by atoms with van der Waals surface area (Å²) in [7, 11) is 3.44. The molecule has 0 aromatic heterocycles. The van der Waals surface area contributed by atoms with Crippen LogP contribution in [-0.2, 0) is 4.79 Å². The molecule has 1 aromatic rings. The van der Waals surface area contributed by atoms with E-state index in [1.807, 2.05) is 19.9 Å². The van der Waals surface area contributed by atoms with E-state index in [9.17, 15) is 9.18 Å². The van der Waals surface area contributed by atoms with Crippen LogP contribution in [0.25, 0.3) is 0 Å². The molecule has 1 amide bonds. The average Bonchev–Trinajstić information content (AvgIpc) is 2.59. The summed E-state index contributed by atoms with van der Waals surface area (Å²) in [6, 6.07) is 7.09. The van der Waals surface area contributed by atoms with E-state index in [-0.39, 0.29) is 30.4 Å². The molecule has 1 aromatic carbocycles. The van der Waals surface area contributed by atoms with Gasteiger partial charge in [-0.05, 0) is 44.9 Å². The van der Waals surface area contributed by atoms with Crippen LogP contribution in [0.5, 0.6) is 0 Å². The Kier molecular flexibility index (Phi) is 7.24. The van der Waals surface area contributed by atoms with Gasteiger partial charge in [-0.25, -0.2) is 9.38 Å². The summed E-state index contributed by atoms with van der Waals surface area (Å²) in [6.45, 7) is 5.85. The number of hydrogen-bond donors (Lipinski definition) is 2. The van der Waals surface area contributed by atoms with E-state index in [1.54, 1.807) is 26.2 Å². The van der Waals surface area contributed by atoms with Gasteiger partial charge in [0, 0.05) is 45.0 Å². The van der Waals surface area contributed by atoms with Gasteiger partial charge in [-0.2, -0.15) is 0 Å². The van der Waals surface area contributed by atoms with Gasteiger partial charge in [0.05, 0.1) is 0 Å². The van der Waals surface area contributed by atoms with E-state index in [0.29, 0.717) is 5.96 Å². The van der Waals surface area contributed by atoms with E-state index < -0.39 is 0 Å². The lowest BCUT2D eigenvalue weighted by atomic mass is 10.0. The molecule has 1 aliphatic rings. The second kappa shape index (κ2) is 9.40. The number of halogens is 1. The molecule has 6 nitrogen and oxygen atoms in total. The third-order valence-corrected chi connectivity index (χ3v) is 4.23. The molecule has 0 radical (unpaired) electrons. The number of piperidine rings is 1. The number of benzene rings is 1. The quantitative estimate of drug-likeness (QED) is 0.619. The fourth-order valence-electron chi connectivity index (χ4n) is 2.89. The van der Waals surface area contributed by atoms with Crippen LogP contribution in [-0.4, -0.2) is 62.6 Å². The molecule has 1 saturated heterocycles. The first kappa shape index (κ1) is 20.0. The van der Waals surface area contributed by atoms with Crippen LogP contribution in [0.2, 0.25) is 0 Å². The maximum absolute atomic E-state index is 13.5. The SMILES string of the molecule is CC(C)NC(=NCC(=O)N(C)C)NC1CCCN(c2cccc(F)c2)C1. The zero-order chi connectivity index (χ0) is 19.1. The van der Waals surface area contributed by atoms with Gasteiger partial charge in [-0.15, -0.1) is 0 Å². The fraction of sp³-hybridized carbons (Fsp3) is 0.579. The second-order valence-corrected chi connectivity index (χ2v) is 7.16. The zero-order valence-corrected chi connectivity index (χ0v) is 16.1. The largest absolute Gasteiger partial charge is 0.369 e. The number of nitrogens with one attached hydrogen (secondary N) is 2. The highest BCUT2D eigenvalue weighted by Gasteiger charge is 2.21. The van der Waals surface area contributed by atoms with Gasteiger partial charge in [0.2, 0.25) is 5.91 Å². The Morgan fingerprint density at radius 2 is 2.19 bits per heavy atom. The van der Waals surface area contributed by atoms with Gasteiger partial charge in [0.1, 0.15) is 12.4 Å². The maximum Gasteiger partial charge on any atom is 0.243 e. The number of amides is 1. The summed E-state index contributed by atoms with van der Waals surface area (Å²) < 4.78 is 13.5. The molecule has 1 unspecified atom stereocenters. The lowest BCUT2D eigenvalue weighted by Gasteiger charge is -2.35. The van der Waals surface area contributed by atoms with Crippen LogP contribution >= 0.6 is 0 Å². The van der Waals surface area contributed by atoms with Crippen LogP contribution in [0.15, 0.2) is 29.3 Å². The van der Waals surface area contributed by atoms with E-state index in [2.05, 4.69) is 20.5 Å².